The van der Waals surface area contributed by atoms with Crippen LogP contribution in [-0.4, -0.2) is 42.9 Å². The van der Waals surface area contributed by atoms with E-state index in [0.29, 0.717) is 26.0 Å². The number of hydrogen-bond donors (Lipinski definition) is 0. The van der Waals surface area contributed by atoms with Crippen LogP contribution in [0.2, 0.25) is 0 Å². The van der Waals surface area contributed by atoms with Gasteiger partial charge in [0.2, 0.25) is 5.91 Å². The van der Waals surface area contributed by atoms with E-state index in [1.165, 1.54) is 0 Å². The summed E-state index contributed by atoms with van der Waals surface area (Å²) >= 11 is 0. The quantitative estimate of drug-likeness (QED) is 0.577. The molecule has 0 spiro atoms. The SMILES string of the molecule is C=CC[C@@]1(C(=O)N2CCC[C@H]2COC)C=C(C)CCC1=O. The van der Waals surface area contributed by atoms with Gasteiger partial charge >= 0.3 is 0 Å². The van der Waals surface area contributed by atoms with Crippen LogP contribution < -0.4 is 0 Å². The average Bonchev–Trinajstić information content (AvgIpc) is 2.91. The zero-order valence-electron chi connectivity index (χ0n) is 13.1. The highest BCUT2D eigenvalue weighted by atomic mass is 16.5. The molecule has 0 aromatic heterocycles. The second-order valence-corrected chi connectivity index (χ2v) is 6.13. The van der Waals surface area contributed by atoms with Crippen molar-refractivity contribution in [2.75, 3.05) is 20.3 Å². The highest BCUT2D eigenvalue weighted by molar-refractivity contribution is 6.09. The summed E-state index contributed by atoms with van der Waals surface area (Å²) in [5.74, 6) is -0.0351. The molecule has 0 bridgehead atoms. The topological polar surface area (TPSA) is 46.6 Å². The van der Waals surface area contributed by atoms with Crippen LogP contribution in [-0.2, 0) is 14.3 Å². The molecular weight excluding hydrogens is 266 g/mol. The molecule has 0 aromatic carbocycles. The van der Waals surface area contributed by atoms with Gasteiger partial charge in [0.15, 0.2) is 5.78 Å². The summed E-state index contributed by atoms with van der Waals surface area (Å²) in [5.41, 5.74) is 0.0905. The van der Waals surface area contributed by atoms with Crippen LogP contribution in [0.25, 0.3) is 0 Å². The largest absolute Gasteiger partial charge is 0.383 e. The fourth-order valence-corrected chi connectivity index (χ4v) is 3.50. The number of rotatable bonds is 5. The molecule has 4 nitrogen and oxygen atoms in total. The van der Waals surface area contributed by atoms with E-state index in [-0.39, 0.29) is 17.7 Å². The molecule has 0 aromatic rings. The van der Waals surface area contributed by atoms with E-state index in [2.05, 4.69) is 6.58 Å². The normalized spacial score (nSPS) is 29.4. The molecule has 116 valence electrons. The molecule has 1 fully saturated rings. The molecule has 0 N–H and O–H groups in total. The van der Waals surface area contributed by atoms with Gasteiger partial charge in [0.25, 0.3) is 0 Å². The van der Waals surface area contributed by atoms with Crippen LogP contribution in [0.4, 0.5) is 0 Å². The summed E-state index contributed by atoms with van der Waals surface area (Å²) in [6, 6.07) is 0.0904. The lowest BCUT2D eigenvalue weighted by Gasteiger charge is -2.37. The maximum Gasteiger partial charge on any atom is 0.240 e. The van der Waals surface area contributed by atoms with Crippen molar-refractivity contribution >= 4 is 11.7 Å². The smallest absolute Gasteiger partial charge is 0.240 e. The summed E-state index contributed by atoms with van der Waals surface area (Å²) in [6.45, 7) is 6.99. The number of ketones is 1. The Morgan fingerprint density at radius 1 is 1.57 bits per heavy atom. The fourth-order valence-electron chi connectivity index (χ4n) is 3.50. The number of hydrogen-bond acceptors (Lipinski definition) is 3. The lowest BCUT2D eigenvalue weighted by Crippen LogP contribution is -2.51. The van der Waals surface area contributed by atoms with E-state index in [9.17, 15) is 9.59 Å². The third-order valence-corrected chi connectivity index (χ3v) is 4.58. The third kappa shape index (κ3) is 2.95. The maximum absolute atomic E-state index is 13.1. The number of carbonyl (C=O) groups is 2. The number of likely N-dealkylation sites (tertiary alicyclic amines) is 1. The highest BCUT2D eigenvalue weighted by Crippen LogP contribution is 2.38. The average molecular weight is 291 g/mol. The summed E-state index contributed by atoms with van der Waals surface area (Å²) in [4.78, 5) is 27.5. The molecule has 0 saturated carbocycles. The van der Waals surface area contributed by atoms with E-state index >= 15 is 0 Å². The Morgan fingerprint density at radius 3 is 3.00 bits per heavy atom. The molecule has 1 amide bonds. The Hall–Kier alpha value is -1.42. The molecule has 1 heterocycles. The van der Waals surface area contributed by atoms with Gasteiger partial charge in [-0.25, -0.2) is 0 Å². The number of methoxy groups -OCH3 is 1. The minimum Gasteiger partial charge on any atom is -0.383 e. The van der Waals surface area contributed by atoms with Crippen LogP contribution >= 0.6 is 0 Å². The van der Waals surface area contributed by atoms with Crippen LogP contribution in [0, 0.1) is 5.41 Å². The van der Waals surface area contributed by atoms with Crippen LogP contribution in [0.15, 0.2) is 24.3 Å². The second-order valence-electron chi connectivity index (χ2n) is 6.13. The Labute approximate surface area is 126 Å². The zero-order valence-corrected chi connectivity index (χ0v) is 13.1. The predicted octanol–water partition coefficient (Wildman–Crippen LogP) is 2.50. The molecule has 1 aliphatic heterocycles. The van der Waals surface area contributed by atoms with Gasteiger partial charge in [0.05, 0.1) is 12.6 Å². The number of ether oxygens (including phenoxy) is 1. The molecule has 2 atom stereocenters. The molecule has 1 aliphatic carbocycles. The van der Waals surface area contributed by atoms with Crippen molar-refractivity contribution < 1.29 is 14.3 Å². The van der Waals surface area contributed by atoms with Crippen LogP contribution in [0.1, 0.15) is 39.0 Å². The zero-order chi connectivity index (χ0) is 15.5. The molecule has 1 saturated heterocycles. The van der Waals surface area contributed by atoms with Crippen molar-refractivity contribution in [2.45, 2.75) is 45.1 Å². The minimum atomic E-state index is -1.03. The maximum atomic E-state index is 13.1. The number of amides is 1. The molecule has 21 heavy (non-hydrogen) atoms. The highest BCUT2D eigenvalue weighted by Gasteiger charge is 2.48. The molecular formula is C17H25NO3. The van der Waals surface area contributed by atoms with Crippen molar-refractivity contribution in [1.29, 1.82) is 0 Å². The van der Waals surface area contributed by atoms with E-state index < -0.39 is 5.41 Å². The summed E-state index contributed by atoms with van der Waals surface area (Å²) in [5, 5.41) is 0. The number of carbonyl (C=O) groups excluding carboxylic acids is 2. The van der Waals surface area contributed by atoms with Gasteiger partial charge < -0.3 is 9.64 Å². The fraction of sp³-hybridized carbons (Fsp3) is 0.647. The summed E-state index contributed by atoms with van der Waals surface area (Å²) < 4.78 is 5.22. The van der Waals surface area contributed by atoms with Crippen molar-refractivity contribution in [3.05, 3.63) is 24.3 Å². The van der Waals surface area contributed by atoms with E-state index in [1.807, 2.05) is 17.9 Å². The number of Topliss-reactive ketones (excluding diaryl/α,β-unsaturated/α-hetero) is 1. The minimum absolute atomic E-state index is 0.0288. The lowest BCUT2D eigenvalue weighted by molar-refractivity contribution is -0.148. The van der Waals surface area contributed by atoms with Crippen LogP contribution in [0.5, 0.6) is 0 Å². The van der Waals surface area contributed by atoms with Crippen molar-refractivity contribution in [1.82, 2.24) is 4.90 Å². The molecule has 0 unspecified atom stereocenters. The van der Waals surface area contributed by atoms with E-state index in [4.69, 9.17) is 4.74 Å². The monoisotopic (exact) mass is 291 g/mol. The van der Waals surface area contributed by atoms with Gasteiger partial charge in [-0.1, -0.05) is 17.7 Å². The van der Waals surface area contributed by atoms with E-state index in [1.54, 1.807) is 13.2 Å². The Balaban J connectivity index is 2.33. The van der Waals surface area contributed by atoms with Crippen LogP contribution in [0.3, 0.4) is 0 Å². The first-order valence-electron chi connectivity index (χ1n) is 7.67. The first-order chi connectivity index (χ1) is 10.0. The van der Waals surface area contributed by atoms with Crippen molar-refractivity contribution in [2.24, 2.45) is 5.41 Å². The molecule has 2 rings (SSSR count). The number of allylic oxidation sites excluding steroid dienone is 2. The Morgan fingerprint density at radius 2 is 2.33 bits per heavy atom. The molecule has 0 radical (unpaired) electrons. The number of nitrogens with zero attached hydrogens (tertiary/aromatic N) is 1. The van der Waals surface area contributed by atoms with E-state index in [0.717, 1.165) is 24.8 Å². The Kier molecular flexibility index (Phi) is 4.99. The van der Waals surface area contributed by atoms with Gasteiger partial charge in [0, 0.05) is 20.1 Å². The molecule has 2 aliphatic rings. The molecule has 4 heteroatoms. The van der Waals surface area contributed by atoms with Crippen molar-refractivity contribution in [3.8, 4) is 0 Å². The summed E-state index contributed by atoms with van der Waals surface area (Å²) in [6.07, 6.45) is 7.08. The standard InChI is InChI=1S/C17H25NO3/c1-4-9-17(11-13(2)7-8-15(17)19)16(20)18-10-5-6-14(18)12-21-3/h4,11,14H,1,5-10,12H2,2-3H3/t14-,17+/m0/s1. The van der Waals surface area contributed by atoms with Gasteiger partial charge in [-0.2, -0.15) is 0 Å². The predicted molar refractivity (Wildman–Crippen MR) is 81.9 cm³/mol. The first-order valence-corrected chi connectivity index (χ1v) is 7.67. The Bertz CT molecular complexity index is 469. The van der Waals surface area contributed by atoms with Gasteiger partial charge in [-0.15, -0.1) is 6.58 Å². The lowest BCUT2D eigenvalue weighted by atomic mass is 9.72. The summed E-state index contributed by atoms with van der Waals surface area (Å²) in [7, 11) is 1.65. The van der Waals surface area contributed by atoms with Crippen molar-refractivity contribution in [3.63, 3.8) is 0 Å². The third-order valence-electron chi connectivity index (χ3n) is 4.58. The second kappa shape index (κ2) is 6.56. The van der Waals surface area contributed by atoms with Gasteiger partial charge in [-0.3, -0.25) is 9.59 Å². The first kappa shape index (κ1) is 16.0. The van der Waals surface area contributed by atoms with Gasteiger partial charge in [-0.05, 0) is 32.6 Å². The van der Waals surface area contributed by atoms with Gasteiger partial charge in [0.1, 0.15) is 5.41 Å².